The van der Waals surface area contributed by atoms with E-state index in [1.165, 1.54) is 0 Å². The molecule has 26 heavy (non-hydrogen) atoms. The molecule has 1 amide bonds. The summed E-state index contributed by atoms with van der Waals surface area (Å²) < 4.78 is 1.84. The van der Waals surface area contributed by atoms with Crippen LogP contribution in [-0.2, 0) is 6.54 Å². The Morgan fingerprint density at radius 2 is 2.08 bits per heavy atom. The van der Waals surface area contributed by atoms with Crippen LogP contribution in [0, 0.1) is 11.3 Å². The lowest BCUT2D eigenvalue weighted by Crippen LogP contribution is -2.34. The standard InChI is InChI=1S/C20H19N5O/c21-9-4-10-24(18-7-8-18)20(26)17-11-16-13-23-25(19(16)22-12-17)14-15-5-2-1-3-6-15/h1-3,5-6,11-13,18H,4,7-8,10,14H2. The second-order valence-corrected chi connectivity index (χ2v) is 6.56. The number of benzene rings is 1. The first-order valence-electron chi connectivity index (χ1n) is 8.79. The van der Waals surface area contributed by atoms with Gasteiger partial charge in [-0.1, -0.05) is 30.3 Å². The number of rotatable bonds is 6. The third-order valence-corrected chi connectivity index (χ3v) is 4.61. The van der Waals surface area contributed by atoms with Crippen LogP contribution in [0.1, 0.15) is 35.2 Å². The molecule has 0 saturated heterocycles. The highest BCUT2D eigenvalue weighted by Gasteiger charge is 2.32. The predicted octanol–water partition coefficient (Wildman–Crippen LogP) is 3.00. The molecule has 2 aromatic heterocycles. The van der Waals surface area contributed by atoms with Crippen LogP contribution in [0.3, 0.4) is 0 Å². The molecule has 0 bridgehead atoms. The first kappa shape index (κ1) is 16.3. The van der Waals surface area contributed by atoms with Crippen LogP contribution in [0.15, 0.2) is 48.8 Å². The molecule has 0 atom stereocenters. The van der Waals surface area contributed by atoms with E-state index in [1.54, 1.807) is 17.3 Å². The Morgan fingerprint density at radius 3 is 2.81 bits per heavy atom. The lowest BCUT2D eigenvalue weighted by atomic mass is 10.2. The van der Waals surface area contributed by atoms with Crippen LogP contribution < -0.4 is 0 Å². The number of pyridine rings is 1. The number of carbonyl (C=O) groups excluding carboxylic acids is 1. The molecular weight excluding hydrogens is 326 g/mol. The van der Waals surface area contributed by atoms with Crippen molar-refractivity contribution in [1.82, 2.24) is 19.7 Å². The average molecular weight is 345 g/mol. The van der Waals surface area contributed by atoms with Crippen LogP contribution >= 0.6 is 0 Å². The minimum absolute atomic E-state index is 0.0482. The minimum atomic E-state index is -0.0482. The van der Waals surface area contributed by atoms with Crippen LogP contribution in [0.4, 0.5) is 0 Å². The first-order valence-corrected chi connectivity index (χ1v) is 8.79. The molecule has 2 heterocycles. The van der Waals surface area contributed by atoms with Gasteiger partial charge in [0.1, 0.15) is 0 Å². The quantitative estimate of drug-likeness (QED) is 0.688. The number of amides is 1. The number of hydrogen-bond donors (Lipinski definition) is 0. The van der Waals surface area contributed by atoms with Gasteiger partial charge in [0.15, 0.2) is 5.65 Å². The summed E-state index contributed by atoms with van der Waals surface area (Å²) in [5.74, 6) is -0.0482. The number of nitrogens with zero attached hydrogens (tertiary/aromatic N) is 5. The molecule has 1 aromatic carbocycles. The van der Waals surface area contributed by atoms with E-state index in [4.69, 9.17) is 5.26 Å². The average Bonchev–Trinajstić information content (AvgIpc) is 3.44. The van der Waals surface area contributed by atoms with Crippen molar-refractivity contribution >= 4 is 16.9 Å². The van der Waals surface area contributed by atoms with E-state index < -0.39 is 0 Å². The van der Waals surface area contributed by atoms with E-state index in [1.807, 2.05) is 41.1 Å². The highest BCUT2D eigenvalue weighted by Crippen LogP contribution is 2.28. The zero-order chi connectivity index (χ0) is 17.9. The summed E-state index contributed by atoms with van der Waals surface area (Å²) in [6.07, 6.45) is 5.75. The Balaban J connectivity index is 1.58. The zero-order valence-corrected chi connectivity index (χ0v) is 14.4. The van der Waals surface area contributed by atoms with Gasteiger partial charge in [-0.15, -0.1) is 0 Å². The van der Waals surface area contributed by atoms with Crippen LogP contribution in [0.2, 0.25) is 0 Å². The van der Waals surface area contributed by atoms with E-state index in [-0.39, 0.29) is 11.9 Å². The normalized spacial score (nSPS) is 13.5. The van der Waals surface area contributed by atoms with Gasteiger partial charge >= 0.3 is 0 Å². The van der Waals surface area contributed by atoms with E-state index in [9.17, 15) is 4.79 Å². The minimum Gasteiger partial charge on any atom is -0.335 e. The van der Waals surface area contributed by atoms with E-state index in [0.29, 0.717) is 25.1 Å². The molecular formula is C20H19N5O. The number of hydrogen-bond acceptors (Lipinski definition) is 4. The van der Waals surface area contributed by atoms with Gasteiger partial charge < -0.3 is 4.90 Å². The molecule has 0 spiro atoms. The lowest BCUT2D eigenvalue weighted by molar-refractivity contribution is 0.0746. The van der Waals surface area contributed by atoms with E-state index in [0.717, 1.165) is 29.4 Å². The van der Waals surface area contributed by atoms with Gasteiger partial charge in [0.2, 0.25) is 0 Å². The number of fused-ring (bicyclic) bond motifs is 1. The van der Waals surface area contributed by atoms with Crippen molar-refractivity contribution in [1.29, 1.82) is 5.26 Å². The fourth-order valence-corrected chi connectivity index (χ4v) is 3.13. The van der Waals surface area contributed by atoms with E-state index >= 15 is 0 Å². The van der Waals surface area contributed by atoms with Crippen LogP contribution in [0.25, 0.3) is 11.0 Å². The highest BCUT2D eigenvalue weighted by molar-refractivity contribution is 5.97. The number of carbonyl (C=O) groups is 1. The smallest absolute Gasteiger partial charge is 0.255 e. The van der Waals surface area contributed by atoms with Gasteiger partial charge in [0, 0.05) is 24.2 Å². The Morgan fingerprint density at radius 1 is 1.27 bits per heavy atom. The van der Waals surface area contributed by atoms with Gasteiger partial charge in [0.25, 0.3) is 5.91 Å². The van der Waals surface area contributed by atoms with Crippen LogP contribution in [-0.4, -0.2) is 38.2 Å². The molecule has 4 rings (SSSR count). The van der Waals surface area contributed by atoms with Crippen molar-refractivity contribution in [3.8, 4) is 6.07 Å². The predicted molar refractivity (Wildman–Crippen MR) is 97.4 cm³/mol. The Bertz CT molecular complexity index is 969. The summed E-state index contributed by atoms with van der Waals surface area (Å²) in [7, 11) is 0. The number of aromatic nitrogens is 3. The molecule has 0 aliphatic heterocycles. The first-order chi connectivity index (χ1) is 12.8. The zero-order valence-electron chi connectivity index (χ0n) is 14.4. The summed E-state index contributed by atoms with van der Waals surface area (Å²) in [6.45, 7) is 1.12. The summed E-state index contributed by atoms with van der Waals surface area (Å²) in [5.41, 5.74) is 2.47. The van der Waals surface area contributed by atoms with Gasteiger partial charge in [-0.25, -0.2) is 9.67 Å². The van der Waals surface area contributed by atoms with Crippen molar-refractivity contribution in [3.05, 3.63) is 59.9 Å². The van der Waals surface area contributed by atoms with Gasteiger partial charge in [-0.05, 0) is 24.5 Å². The Kier molecular flexibility index (Phi) is 4.36. The largest absolute Gasteiger partial charge is 0.335 e. The monoisotopic (exact) mass is 345 g/mol. The van der Waals surface area contributed by atoms with Crippen molar-refractivity contribution in [2.75, 3.05) is 6.54 Å². The molecule has 1 aliphatic carbocycles. The molecule has 0 N–H and O–H groups in total. The molecule has 0 unspecified atom stereocenters. The molecule has 1 aliphatic rings. The second kappa shape index (κ2) is 6.96. The second-order valence-electron chi connectivity index (χ2n) is 6.56. The maximum atomic E-state index is 12.8. The molecule has 3 aromatic rings. The molecule has 130 valence electrons. The fraction of sp³-hybridized carbons (Fsp3) is 0.300. The van der Waals surface area contributed by atoms with Crippen molar-refractivity contribution < 1.29 is 4.79 Å². The maximum absolute atomic E-state index is 12.8. The number of nitriles is 1. The molecule has 0 radical (unpaired) electrons. The summed E-state index contributed by atoms with van der Waals surface area (Å²) >= 11 is 0. The Hall–Kier alpha value is -3.20. The summed E-state index contributed by atoms with van der Waals surface area (Å²) in [5, 5.41) is 14.1. The third kappa shape index (κ3) is 3.29. The van der Waals surface area contributed by atoms with Gasteiger partial charge in [-0.2, -0.15) is 10.4 Å². The van der Waals surface area contributed by atoms with Gasteiger partial charge in [-0.3, -0.25) is 4.79 Å². The molecule has 6 nitrogen and oxygen atoms in total. The third-order valence-electron chi connectivity index (χ3n) is 4.61. The lowest BCUT2D eigenvalue weighted by Gasteiger charge is -2.21. The Labute approximate surface area is 151 Å². The molecule has 1 saturated carbocycles. The van der Waals surface area contributed by atoms with Crippen LogP contribution in [0.5, 0.6) is 0 Å². The van der Waals surface area contributed by atoms with Crippen molar-refractivity contribution in [2.45, 2.75) is 31.8 Å². The SMILES string of the molecule is N#CCCN(C(=O)c1cnc2c(cnn2Cc2ccccc2)c1)C1CC1. The van der Waals surface area contributed by atoms with E-state index in [2.05, 4.69) is 16.2 Å². The summed E-state index contributed by atoms with van der Waals surface area (Å²) in [6, 6.07) is 14.3. The fourth-order valence-electron chi connectivity index (χ4n) is 3.13. The molecule has 6 heteroatoms. The van der Waals surface area contributed by atoms with Crippen molar-refractivity contribution in [2.24, 2.45) is 0 Å². The maximum Gasteiger partial charge on any atom is 0.255 e. The highest BCUT2D eigenvalue weighted by atomic mass is 16.2. The van der Waals surface area contributed by atoms with Crippen molar-refractivity contribution in [3.63, 3.8) is 0 Å². The summed E-state index contributed by atoms with van der Waals surface area (Å²) in [4.78, 5) is 19.1. The molecule has 1 fully saturated rings. The topological polar surface area (TPSA) is 74.8 Å². The van der Waals surface area contributed by atoms with Gasteiger partial charge in [0.05, 0.1) is 30.8 Å².